The number of aliphatic carboxylic acids is 1. The highest BCUT2D eigenvalue weighted by molar-refractivity contribution is 6.00. The largest absolute Gasteiger partial charge is 0.481 e. The van der Waals surface area contributed by atoms with Crippen LogP contribution in [0.2, 0.25) is 0 Å². The zero-order chi connectivity index (χ0) is 26.6. The summed E-state index contributed by atoms with van der Waals surface area (Å²) in [5.74, 6) is -0.812. The molecule has 1 aliphatic heterocycles. The Morgan fingerprint density at radius 3 is 1.76 bits per heavy atom. The van der Waals surface area contributed by atoms with Crippen LogP contribution in [0, 0.1) is 5.92 Å². The zero-order valence-electron chi connectivity index (χ0n) is 21.9. The normalized spacial score (nSPS) is 16.3. The SMILES string of the molecule is CCC(C(=O)c1ccc(C(C)(C)C(=O)O)cc1)N1CCC(C(O)(c2ccccc2)c2ccccc2)CC1. The van der Waals surface area contributed by atoms with Gasteiger partial charge in [-0.15, -0.1) is 0 Å². The van der Waals surface area contributed by atoms with Crippen LogP contribution in [0.15, 0.2) is 84.9 Å². The van der Waals surface area contributed by atoms with E-state index in [4.69, 9.17) is 0 Å². The van der Waals surface area contributed by atoms with Crippen molar-refractivity contribution in [2.45, 2.75) is 57.1 Å². The topological polar surface area (TPSA) is 77.8 Å². The molecule has 2 N–H and O–H groups in total. The van der Waals surface area contributed by atoms with Gasteiger partial charge in [-0.2, -0.15) is 0 Å². The highest BCUT2D eigenvalue weighted by Crippen LogP contribution is 2.42. The fraction of sp³-hybridized carbons (Fsp3) is 0.375. The van der Waals surface area contributed by atoms with Crippen LogP contribution < -0.4 is 0 Å². The molecular weight excluding hydrogens is 462 g/mol. The Kier molecular flexibility index (Phi) is 7.96. The van der Waals surface area contributed by atoms with Crippen molar-refractivity contribution in [3.05, 3.63) is 107 Å². The molecule has 1 heterocycles. The summed E-state index contributed by atoms with van der Waals surface area (Å²) in [6.07, 6.45) is 2.24. The monoisotopic (exact) mass is 499 g/mol. The molecule has 3 aromatic carbocycles. The lowest BCUT2D eigenvalue weighted by molar-refractivity contribution is -0.142. The molecule has 0 bridgehead atoms. The molecule has 5 nitrogen and oxygen atoms in total. The summed E-state index contributed by atoms with van der Waals surface area (Å²) < 4.78 is 0. The Bertz CT molecular complexity index is 1160. The minimum absolute atomic E-state index is 0.0266. The second-order valence-corrected chi connectivity index (χ2v) is 10.6. The van der Waals surface area contributed by atoms with Crippen LogP contribution in [0.5, 0.6) is 0 Å². The number of aliphatic hydroxyl groups is 1. The molecule has 0 radical (unpaired) electrons. The number of carboxylic acid groups (broad SMARTS) is 1. The lowest BCUT2D eigenvalue weighted by Crippen LogP contribution is -2.49. The molecular formula is C32H37NO4. The summed E-state index contributed by atoms with van der Waals surface area (Å²) in [4.78, 5) is 27.3. The van der Waals surface area contributed by atoms with Gasteiger partial charge in [-0.1, -0.05) is 91.9 Å². The number of carbonyl (C=O) groups is 2. The highest BCUT2D eigenvalue weighted by atomic mass is 16.4. The number of carbonyl (C=O) groups excluding carboxylic acids is 1. The third kappa shape index (κ3) is 5.25. The molecule has 0 spiro atoms. The van der Waals surface area contributed by atoms with Gasteiger partial charge in [-0.25, -0.2) is 0 Å². The van der Waals surface area contributed by atoms with Crippen molar-refractivity contribution < 1.29 is 19.8 Å². The van der Waals surface area contributed by atoms with Gasteiger partial charge in [0.2, 0.25) is 0 Å². The van der Waals surface area contributed by atoms with Crippen molar-refractivity contribution in [1.29, 1.82) is 0 Å². The first kappa shape index (κ1) is 26.8. The summed E-state index contributed by atoms with van der Waals surface area (Å²) in [6.45, 7) is 6.80. The average molecular weight is 500 g/mol. The van der Waals surface area contributed by atoms with E-state index >= 15 is 0 Å². The molecule has 194 valence electrons. The molecule has 1 fully saturated rings. The van der Waals surface area contributed by atoms with Crippen LogP contribution >= 0.6 is 0 Å². The van der Waals surface area contributed by atoms with Gasteiger partial charge in [-0.3, -0.25) is 14.5 Å². The predicted molar refractivity (Wildman–Crippen MR) is 146 cm³/mol. The van der Waals surface area contributed by atoms with Gasteiger partial charge in [0.05, 0.1) is 11.5 Å². The van der Waals surface area contributed by atoms with E-state index in [0.717, 1.165) is 37.1 Å². The minimum Gasteiger partial charge on any atom is -0.481 e. The first-order valence-electron chi connectivity index (χ1n) is 13.1. The lowest BCUT2D eigenvalue weighted by Gasteiger charge is -2.44. The van der Waals surface area contributed by atoms with E-state index in [-0.39, 0.29) is 17.7 Å². The fourth-order valence-electron chi connectivity index (χ4n) is 5.63. The smallest absolute Gasteiger partial charge is 0.313 e. The molecule has 1 atom stereocenters. The average Bonchev–Trinajstić information content (AvgIpc) is 2.94. The Morgan fingerprint density at radius 1 is 0.838 bits per heavy atom. The number of benzene rings is 3. The molecule has 1 aliphatic rings. The summed E-state index contributed by atoms with van der Waals surface area (Å²) in [5, 5.41) is 21.7. The highest BCUT2D eigenvalue weighted by Gasteiger charge is 2.42. The van der Waals surface area contributed by atoms with Gasteiger partial charge in [0, 0.05) is 5.56 Å². The second kappa shape index (κ2) is 11.0. The van der Waals surface area contributed by atoms with Gasteiger partial charge < -0.3 is 10.2 Å². The standard InChI is InChI=1S/C32H37NO4/c1-4-28(29(34)23-15-17-24(18-16-23)31(2,3)30(35)36)33-21-19-27(20-22-33)32(37,25-11-7-5-8-12-25)26-13-9-6-10-14-26/h5-18,27-28,37H,4,19-22H2,1-3H3,(H,35,36). The van der Waals surface area contributed by atoms with Crippen LogP contribution in [-0.4, -0.2) is 46.0 Å². The zero-order valence-corrected chi connectivity index (χ0v) is 21.9. The third-order valence-corrected chi connectivity index (χ3v) is 8.10. The maximum absolute atomic E-state index is 13.5. The van der Waals surface area contributed by atoms with Crippen LogP contribution in [0.25, 0.3) is 0 Å². The number of piperidine rings is 1. The summed E-state index contributed by atoms with van der Waals surface area (Å²) >= 11 is 0. The third-order valence-electron chi connectivity index (χ3n) is 8.10. The molecule has 0 amide bonds. The number of hydrogen-bond donors (Lipinski definition) is 2. The van der Waals surface area contributed by atoms with Crippen molar-refractivity contribution in [1.82, 2.24) is 4.90 Å². The predicted octanol–water partition coefficient (Wildman–Crippen LogP) is 5.66. The van der Waals surface area contributed by atoms with E-state index in [1.807, 2.05) is 67.6 Å². The molecule has 4 rings (SSSR count). The van der Waals surface area contributed by atoms with Crippen molar-refractivity contribution in [2.24, 2.45) is 5.92 Å². The van der Waals surface area contributed by atoms with E-state index < -0.39 is 17.0 Å². The number of nitrogens with zero attached hydrogens (tertiary/aromatic N) is 1. The van der Waals surface area contributed by atoms with Crippen molar-refractivity contribution >= 4 is 11.8 Å². The molecule has 0 aliphatic carbocycles. The van der Waals surface area contributed by atoms with E-state index in [1.165, 1.54) is 0 Å². The summed E-state index contributed by atoms with van der Waals surface area (Å²) in [5.41, 5.74) is 0.962. The summed E-state index contributed by atoms with van der Waals surface area (Å²) in [6, 6.07) is 26.5. The van der Waals surface area contributed by atoms with Gasteiger partial charge in [0.15, 0.2) is 5.78 Å². The molecule has 37 heavy (non-hydrogen) atoms. The molecule has 0 aromatic heterocycles. The van der Waals surface area contributed by atoms with Crippen molar-refractivity contribution in [3.8, 4) is 0 Å². The quantitative estimate of drug-likeness (QED) is 0.372. The van der Waals surface area contributed by atoms with E-state index in [9.17, 15) is 19.8 Å². The number of ketones is 1. The number of likely N-dealkylation sites (tertiary alicyclic amines) is 1. The molecule has 0 saturated carbocycles. The maximum atomic E-state index is 13.5. The molecule has 1 unspecified atom stereocenters. The Morgan fingerprint density at radius 2 is 1.32 bits per heavy atom. The number of carboxylic acids is 1. The van der Waals surface area contributed by atoms with Crippen molar-refractivity contribution in [3.63, 3.8) is 0 Å². The molecule has 1 saturated heterocycles. The fourth-order valence-corrected chi connectivity index (χ4v) is 5.63. The van der Waals surface area contributed by atoms with E-state index in [1.54, 1.807) is 38.1 Å². The van der Waals surface area contributed by atoms with Crippen LogP contribution in [0.4, 0.5) is 0 Å². The molecule has 5 heteroatoms. The minimum atomic E-state index is -1.09. The Hall–Kier alpha value is -3.28. The van der Waals surface area contributed by atoms with Crippen LogP contribution in [0.3, 0.4) is 0 Å². The van der Waals surface area contributed by atoms with Crippen LogP contribution in [-0.2, 0) is 15.8 Å². The maximum Gasteiger partial charge on any atom is 0.313 e. The van der Waals surface area contributed by atoms with Gasteiger partial charge >= 0.3 is 5.97 Å². The number of Topliss-reactive ketones (excluding diaryl/α,β-unsaturated/α-hetero) is 1. The van der Waals surface area contributed by atoms with Gasteiger partial charge in [-0.05, 0) is 68.8 Å². The van der Waals surface area contributed by atoms with Gasteiger partial charge in [0.1, 0.15) is 5.60 Å². The number of rotatable bonds is 9. The second-order valence-electron chi connectivity index (χ2n) is 10.6. The van der Waals surface area contributed by atoms with Crippen molar-refractivity contribution in [2.75, 3.05) is 13.1 Å². The summed E-state index contributed by atoms with van der Waals surface area (Å²) in [7, 11) is 0. The first-order valence-corrected chi connectivity index (χ1v) is 13.1. The Labute approximate surface area is 219 Å². The van der Waals surface area contributed by atoms with E-state index in [2.05, 4.69) is 4.90 Å². The van der Waals surface area contributed by atoms with E-state index in [0.29, 0.717) is 17.5 Å². The number of hydrogen-bond acceptors (Lipinski definition) is 4. The van der Waals surface area contributed by atoms with Crippen LogP contribution in [0.1, 0.15) is 67.1 Å². The first-order chi connectivity index (χ1) is 17.7. The molecule has 3 aromatic rings. The lowest BCUT2D eigenvalue weighted by atomic mass is 9.72. The van der Waals surface area contributed by atoms with Gasteiger partial charge in [0.25, 0.3) is 0 Å². The Balaban J connectivity index is 1.51.